The van der Waals surface area contributed by atoms with Gasteiger partial charge >= 0.3 is 0 Å². The first kappa shape index (κ1) is 19.3. The van der Waals surface area contributed by atoms with E-state index in [0.29, 0.717) is 37.1 Å². The second-order valence-corrected chi connectivity index (χ2v) is 9.09. The zero-order valence-electron chi connectivity index (χ0n) is 17.4. The Bertz CT molecular complexity index is 882. The Balaban J connectivity index is 1.35. The lowest BCUT2D eigenvalue weighted by Gasteiger charge is -2.56. The summed E-state index contributed by atoms with van der Waals surface area (Å²) in [5.41, 5.74) is 1.28. The van der Waals surface area contributed by atoms with Crippen LogP contribution in [0, 0.1) is 11.8 Å². The number of likely N-dealkylation sites (tertiary alicyclic amines) is 1. The average molecular weight is 407 g/mol. The molecule has 6 nitrogen and oxygen atoms in total. The summed E-state index contributed by atoms with van der Waals surface area (Å²) < 4.78 is 1.82. The van der Waals surface area contributed by atoms with Gasteiger partial charge in [0.1, 0.15) is 0 Å². The third kappa shape index (κ3) is 3.75. The minimum absolute atomic E-state index is 0.197. The molecule has 2 aromatic rings. The van der Waals surface area contributed by atoms with Crippen molar-refractivity contribution in [3.05, 3.63) is 54.4 Å². The summed E-state index contributed by atoms with van der Waals surface area (Å²) >= 11 is 0. The number of rotatable bonds is 5. The molecule has 0 radical (unpaired) electrons. The van der Waals surface area contributed by atoms with E-state index < -0.39 is 0 Å². The Morgan fingerprint density at radius 1 is 1.10 bits per heavy atom. The number of fused-ring (bicyclic) bond motifs is 4. The predicted octanol–water partition coefficient (Wildman–Crippen LogP) is 2.74. The number of nitrogens with zero attached hydrogens (tertiary/aromatic N) is 4. The van der Waals surface area contributed by atoms with E-state index >= 15 is 0 Å². The van der Waals surface area contributed by atoms with Crippen molar-refractivity contribution in [3.63, 3.8) is 0 Å². The van der Waals surface area contributed by atoms with Crippen molar-refractivity contribution in [2.75, 3.05) is 13.1 Å². The van der Waals surface area contributed by atoms with Crippen LogP contribution in [0.3, 0.4) is 0 Å². The molecule has 3 saturated heterocycles. The van der Waals surface area contributed by atoms with Crippen molar-refractivity contribution in [1.82, 2.24) is 19.6 Å². The predicted molar refractivity (Wildman–Crippen MR) is 113 cm³/mol. The van der Waals surface area contributed by atoms with E-state index in [1.165, 1.54) is 5.56 Å². The van der Waals surface area contributed by atoms with E-state index in [-0.39, 0.29) is 18.0 Å². The smallest absolute Gasteiger partial charge is 0.224 e. The van der Waals surface area contributed by atoms with Crippen molar-refractivity contribution < 1.29 is 9.59 Å². The molecular formula is C24H30N4O2. The van der Waals surface area contributed by atoms with Crippen molar-refractivity contribution in [1.29, 1.82) is 0 Å². The Morgan fingerprint density at radius 3 is 2.73 bits per heavy atom. The highest BCUT2D eigenvalue weighted by Gasteiger charge is 2.49. The molecule has 0 spiro atoms. The van der Waals surface area contributed by atoms with Crippen LogP contribution in [-0.2, 0) is 22.6 Å². The Hall–Kier alpha value is -2.63. The number of piperidine rings is 3. The minimum Gasteiger partial charge on any atom is -0.342 e. The molecule has 0 saturated carbocycles. The van der Waals surface area contributed by atoms with Gasteiger partial charge in [0.25, 0.3) is 0 Å². The van der Waals surface area contributed by atoms with Gasteiger partial charge in [-0.2, -0.15) is 5.10 Å². The standard InChI is InChI=1S/C24H30N4O2/c29-23(10-13-27-12-5-11-25-27)26-16-19-15-20(17-26)22(14-18-6-2-1-3-7-18)28-21(19)8-4-9-24(28)30/h1-3,5-7,11-12,19-22H,4,8-10,13-17H2/t19-,20+,21+,22+/m1/s1. The molecule has 2 amide bonds. The summed E-state index contributed by atoms with van der Waals surface area (Å²) in [6, 6.07) is 12.9. The highest BCUT2D eigenvalue weighted by molar-refractivity contribution is 5.79. The average Bonchev–Trinajstić information content (AvgIpc) is 3.29. The van der Waals surface area contributed by atoms with Gasteiger partial charge in [-0.15, -0.1) is 0 Å². The van der Waals surface area contributed by atoms with E-state index in [1.54, 1.807) is 6.20 Å². The van der Waals surface area contributed by atoms with Gasteiger partial charge in [-0.05, 0) is 49.1 Å². The molecule has 4 heterocycles. The molecule has 158 valence electrons. The van der Waals surface area contributed by atoms with E-state index in [4.69, 9.17) is 0 Å². The van der Waals surface area contributed by atoms with Crippen LogP contribution in [0.4, 0.5) is 0 Å². The van der Waals surface area contributed by atoms with Crippen LogP contribution < -0.4 is 0 Å². The topological polar surface area (TPSA) is 58.4 Å². The van der Waals surface area contributed by atoms with Gasteiger partial charge in [0.2, 0.25) is 11.8 Å². The number of carbonyl (C=O) groups is 2. The van der Waals surface area contributed by atoms with E-state index in [9.17, 15) is 9.59 Å². The third-order valence-electron chi connectivity index (χ3n) is 7.25. The van der Waals surface area contributed by atoms with Crippen molar-refractivity contribution in [2.24, 2.45) is 11.8 Å². The summed E-state index contributed by atoms with van der Waals surface area (Å²) in [7, 11) is 0. The van der Waals surface area contributed by atoms with E-state index in [0.717, 1.165) is 38.8 Å². The van der Waals surface area contributed by atoms with Crippen LogP contribution in [0.2, 0.25) is 0 Å². The number of aryl methyl sites for hydroxylation is 1. The maximum atomic E-state index is 13.0. The number of hydrogen-bond acceptors (Lipinski definition) is 3. The molecule has 1 aromatic carbocycles. The van der Waals surface area contributed by atoms with Gasteiger partial charge in [0, 0.05) is 57.0 Å². The number of carbonyl (C=O) groups excluding carboxylic acids is 2. The summed E-state index contributed by atoms with van der Waals surface area (Å²) in [4.78, 5) is 30.3. The maximum Gasteiger partial charge on any atom is 0.224 e. The fourth-order valence-electron chi connectivity index (χ4n) is 5.90. The monoisotopic (exact) mass is 406 g/mol. The van der Waals surface area contributed by atoms with E-state index in [1.807, 2.05) is 23.0 Å². The highest BCUT2D eigenvalue weighted by atomic mass is 16.2. The fourth-order valence-corrected chi connectivity index (χ4v) is 5.90. The number of hydrogen-bond donors (Lipinski definition) is 0. The Kier molecular flexibility index (Phi) is 5.32. The van der Waals surface area contributed by atoms with Gasteiger partial charge < -0.3 is 9.80 Å². The number of aromatic nitrogens is 2. The molecule has 5 rings (SSSR count). The zero-order valence-corrected chi connectivity index (χ0v) is 17.4. The van der Waals surface area contributed by atoms with Gasteiger partial charge in [-0.25, -0.2) is 0 Å². The zero-order chi connectivity index (χ0) is 20.5. The van der Waals surface area contributed by atoms with Crippen molar-refractivity contribution in [2.45, 2.75) is 57.2 Å². The van der Waals surface area contributed by atoms with E-state index in [2.05, 4.69) is 39.2 Å². The first-order valence-corrected chi connectivity index (χ1v) is 11.3. The van der Waals surface area contributed by atoms with Crippen LogP contribution in [0.5, 0.6) is 0 Å². The maximum absolute atomic E-state index is 13.0. The molecule has 30 heavy (non-hydrogen) atoms. The lowest BCUT2D eigenvalue weighted by Crippen LogP contribution is -2.66. The highest BCUT2D eigenvalue weighted by Crippen LogP contribution is 2.42. The van der Waals surface area contributed by atoms with Gasteiger partial charge in [0.05, 0.1) is 0 Å². The van der Waals surface area contributed by atoms with Gasteiger partial charge in [0.15, 0.2) is 0 Å². The second-order valence-electron chi connectivity index (χ2n) is 9.09. The molecule has 0 aliphatic carbocycles. The molecule has 4 atom stereocenters. The molecule has 3 fully saturated rings. The van der Waals surface area contributed by atoms with Crippen LogP contribution in [0.1, 0.15) is 37.7 Å². The molecule has 1 aromatic heterocycles. The first-order chi connectivity index (χ1) is 14.7. The summed E-state index contributed by atoms with van der Waals surface area (Å²) in [6.45, 7) is 2.18. The largest absolute Gasteiger partial charge is 0.342 e. The normalized spacial score (nSPS) is 28.3. The third-order valence-corrected chi connectivity index (χ3v) is 7.25. The lowest BCUT2D eigenvalue weighted by atomic mass is 9.70. The molecule has 6 heteroatoms. The first-order valence-electron chi connectivity index (χ1n) is 11.3. The number of benzene rings is 1. The SMILES string of the molecule is O=C(CCn1cccn1)N1C[C@H]2C[C@@H](C1)[C@H](Cc1ccccc1)N1C(=O)CCC[C@@H]21. The van der Waals surface area contributed by atoms with Gasteiger partial charge in [-0.3, -0.25) is 14.3 Å². The van der Waals surface area contributed by atoms with Crippen LogP contribution in [-0.4, -0.2) is 56.6 Å². The molecule has 3 aliphatic heterocycles. The van der Waals surface area contributed by atoms with Crippen LogP contribution in [0.25, 0.3) is 0 Å². The molecular weight excluding hydrogens is 376 g/mol. The van der Waals surface area contributed by atoms with Crippen molar-refractivity contribution >= 4 is 11.8 Å². The molecule has 3 aliphatic rings. The molecule has 2 bridgehead atoms. The van der Waals surface area contributed by atoms with Gasteiger partial charge in [-0.1, -0.05) is 30.3 Å². The summed E-state index contributed by atoms with van der Waals surface area (Å²) in [6.07, 6.45) is 8.88. The summed E-state index contributed by atoms with van der Waals surface area (Å²) in [5, 5.41) is 4.21. The molecule has 0 N–H and O–H groups in total. The minimum atomic E-state index is 0.197. The lowest BCUT2D eigenvalue weighted by molar-refractivity contribution is -0.156. The Labute approximate surface area is 177 Å². The van der Waals surface area contributed by atoms with Crippen LogP contribution >= 0.6 is 0 Å². The molecule has 0 unspecified atom stereocenters. The fraction of sp³-hybridized carbons (Fsp3) is 0.542. The van der Waals surface area contributed by atoms with Crippen molar-refractivity contribution in [3.8, 4) is 0 Å². The quantitative estimate of drug-likeness (QED) is 0.767. The second kappa shape index (κ2) is 8.25. The Morgan fingerprint density at radius 2 is 1.93 bits per heavy atom. The van der Waals surface area contributed by atoms with Crippen LogP contribution in [0.15, 0.2) is 48.8 Å². The number of amides is 2. The summed E-state index contributed by atoms with van der Waals surface area (Å²) in [5.74, 6) is 1.30.